The molecule has 0 aliphatic carbocycles. The van der Waals surface area contributed by atoms with E-state index in [1.54, 1.807) is 0 Å². The van der Waals surface area contributed by atoms with Gasteiger partial charge in [0.05, 0.1) is 25.2 Å². The number of nitrogens with one attached hydrogen (secondary N) is 1. The van der Waals surface area contributed by atoms with E-state index in [1.807, 2.05) is 0 Å². The second kappa shape index (κ2) is 42.0. The summed E-state index contributed by atoms with van der Waals surface area (Å²) < 4.78 is 5.87. The molecule has 0 aromatic rings. The second-order valence-corrected chi connectivity index (χ2v) is 15.4. The van der Waals surface area contributed by atoms with Gasteiger partial charge in [0.1, 0.15) is 6.10 Å². The highest BCUT2D eigenvalue weighted by Gasteiger charge is 2.24. The SMILES string of the molecule is CC/C=C/C/C=C/C/C=C/CCCCC(CC(=O)NC(CO)C(O)CCCCCCCCCCCCCC)OC(=O)CCCCCCC/C=C\CCCC. The molecule has 314 valence electrons. The molecule has 0 spiro atoms. The van der Waals surface area contributed by atoms with Crippen molar-refractivity contribution in [2.75, 3.05) is 6.61 Å². The van der Waals surface area contributed by atoms with Crippen LogP contribution in [0.5, 0.6) is 0 Å². The van der Waals surface area contributed by atoms with E-state index in [2.05, 4.69) is 74.7 Å². The fourth-order valence-corrected chi connectivity index (χ4v) is 6.66. The molecule has 0 aromatic heterocycles. The van der Waals surface area contributed by atoms with E-state index in [0.29, 0.717) is 19.3 Å². The Kier molecular flexibility index (Phi) is 40.3. The molecule has 0 saturated heterocycles. The van der Waals surface area contributed by atoms with Gasteiger partial charge in [-0.15, -0.1) is 0 Å². The Hall–Kier alpha value is -2.18. The lowest BCUT2D eigenvalue weighted by Crippen LogP contribution is -2.46. The van der Waals surface area contributed by atoms with Crippen LogP contribution in [0.25, 0.3) is 0 Å². The average molecular weight is 758 g/mol. The van der Waals surface area contributed by atoms with Crippen molar-refractivity contribution in [1.29, 1.82) is 0 Å². The van der Waals surface area contributed by atoms with E-state index in [1.165, 1.54) is 89.9 Å². The smallest absolute Gasteiger partial charge is 0.306 e. The minimum absolute atomic E-state index is 0.0481. The van der Waals surface area contributed by atoms with Crippen molar-refractivity contribution in [2.24, 2.45) is 0 Å². The van der Waals surface area contributed by atoms with Crippen LogP contribution in [-0.2, 0) is 14.3 Å². The summed E-state index contributed by atoms with van der Waals surface area (Å²) in [5.41, 5.74) is 0. The molecule has 1 amide bonds. The largest absolute Gasteiger partial charge is 0.462 e. The Morgan fingerprint density at radius 2 is 1.02 bits per heavy atom. The molecule has 0 saturated carbocycles. The molecule has 0 rings (SSSR count). The van der Waals surface area contributed by atoms with Crippen molar-refractivity contribution in [2.45, 2.75) is 238 Å². The van der Waals surface area contributed by atoms with Gasteiger partial charge < -0.3 is 20.3 Å². The topological polar surface area (TPSA) is 95.9 Å². The number of hydrogen-bond acceptors (Lipinski definition) is 5. The molecule has 3 unspecified atom stereocenters. The second-order valence-electron chi connectivity index (χ2n) is 15.4. The maximum absolute atomic E-state index is 13.1. The normalized spacial score (nSPS) is 13.8. The third kappa shape index (κ3) is 36.8. The van der Waals surface area contributed by atoms with Gasteiger partial charge >= 0.3 is 5.97 Å². The van der Waals surface area contributed by atoms with Crippen LogP contribution in [0.4, 0.5) is 0 Å². The molecule has 3 atom stereocenters. The van der Waals surface area contributed by atoms with Crippen LogP contribution in [0.1, 0.15) is 220 Å². The van der Waals surface area contributed by atoms with Gasteiger partial charge in [-0.3, -0.25) is 9.59 Å². The quantitative estimate of drug-likeness (QED) is 0.0329. The molecule has 0 heterocycles. The third-order valence-corrected chi connectivity index (χ3v) is 10.1. The molecule has 0 aliphatic rings. The van der Waals surface area contributed by atoms with Crippen LogP contribution in [0.2, 0.25) is 0 Å². The Morgan fingerprint density at radius 3 is 1.61 bits per heavy atom. The summed E-state index contributed by atoms with van der Waals surface area (Å²) in [5, 5.41) is 23.6. The van der Waals surface area contributed by atoms with Gasteiger partial charge in [-0.1, -0.05) is 179 Å². The zero-order valence-corrected chi connectivity index (χ0v) is 35.6. The highest BCUT2D eigenvalue weighted by molar-refractivity contribution is 5.77. The Morgan fingerprint density at radius 1 is 0.556 bits per heavy atom. The molecule has 54 heavy (non-hydrogen) atoms. The zero-order valence-electron chi connectivity index (χ0n) is 35.6. The lowest BCUT2D eigenvalue weighted by molar-refractivity contribution is -0.151. The number of unbranched alkanes of at least 4 members (excludes halogenated alkanes) is 20. The van der Waals surface area contributed by atoms with Crippen molar-refractivity contribution in [3.8, 4) is 0 Å². The van der Waals surface area contributed by atoms with E-state index in [0.717, 1.165) is 83.5 Å². The molecular formula is C48H87NO5. The van der Waals surface area contributed by atoms with Crippen LogP contribution in [0.15, 0.2) is 48.6 Å². The molecule has 0 radical (unpaired) electrons. The maximum atomic E-state index is 13.1. The molecule has 6 nitrogen and oxygen atoms in total. The number of allylic oxidation sites excluding steroid dienone is 8. The van der Waals surface area contributed by atoms with E-state index < -0.39 is 18.2 Å². The van der Waals surface area contributed by atoms with Crippen LogP contribution in [-0.4, -0.2) is 46.9 Å². The molecule has 0 aliphatic heterocycles. The predicted molar refractivity (Wildman–Crippen MR) is 232 cm³/mol. The van der Waals surface area contributed by atoms with Crippen LogP contribution < -0.4 is 5.32 Å². The van der Waals surface area contributed by atoms with Gasteiger partial charge in [0, 0.05) is 6.42 Å². The van der Waals surface area contributed by atoms with Gasteiger partial charge in [0.2, 0.25) is 5.91 Å². The first-order valence-electron chi connectivity index (χ1n) is 22.9. The summed E-state index contributed by atoms with van der Waals surface area (Å²) in [4.78, 5) is 25.9. The van der Waals surface area contributed by atoms with E-state index in [-0.39, 0.29) is 24.9 Å². The molecular weight excluding hydrogens is 671 g/mol. The fourth-order valence-electron chi connectivity index (χ4n) is 6.66. The Balaban J connectivity index is 4.65. The van der Waals surface area contributed by atoms with Crippen LogP contribution >= 0.6 is 0 Å². The van der Waals surface area contributed by atoms with Crippen molar-refractivity contribution < 1.29 is 24.5 Å². The lowest BCUT2D eigenvalue weighted by atomic mass is 10.0. The first-order valence-corrected chi connectivity index (χ1v) is 22.9. The number of carbonyl (C=O) groups is 2. The Labute approximate surface area is 334 Å². The summed E-state index contributed by atoms with van der Waals surface area (Å²) in [6, 6.07) is -0.713. The number of esters is 1. The van der Waals surface area contributed by atoms with Gasteiger partial charge in [-0.2, -0.15) is 0 Å². The number of amides is 1. The number of aliphatic hydroxyl groups is 2. The highest BCUT2D eigenvalue weighted by Crippen LogP contribution is 2.17. The molecule has 3 N–H and O–H groups in total. The van der Waals surface area contributed by atoms with Gasteiger partial charge in [0.25, 0.3) is 0 Å². The minimum Gasteiger partial charge on any atom is -0.462 e. The number of carbonyl (C=O) groups excluding carboxylic acids is 2. The molecule has 0 bridgehead atoms. The molecule has 6 heteroatoms. The maximum Gasteiger partial charge on any atom is 0.306 e. The monoisotopic (exact) mass is 758 g/mol. The van der Waals surface area contributed by atoms with Gasteiger partial charge in [0.15, 0.2) is 0 Å². The van der Waals surface area contributed by atoms with E-state index >= 15 is 0 Å². The Bertz CT molecular complexity index is 941. The van der Waals surface area contributed by atoms with Crippen molar-refractivity contribution in [1.82, 2.24) is 5.32 Å². The van der Waals surface area contributed by atoms with Gasteiger partial charge in [-0.05, 0) is 77.0 Å². The summed E-state index contributed by atoms with van der Waals surface area (Å²) in [7, 11) is 0. The van der Waals surface area contributed by atoms with Crippen LogP contribution in [0, 0.1) is 0 Å². The summed E-state index contributed by atoms with van der Waals surface area (Å²) in [5.74, 6) is -0.525. The van der Waals surface area contributed by atoms with E-state index in [4.69, 9.17) is 4.74 Å². The number of aliphatic hydroxyl groups excluding tert-OH is 2. The van der Waals surface area contributed by atoms with Gasteiger partial charge in [-0.25, -0.2) is 0 Å². The van der Waals surface area contributed by atoms with Crippen molar-refractivity contribution >= 4 is 11.9 Å². The third-order valence-electron chi connectivity index (χ3n) is 10.1. The standard InChI is InChI=1S/C48H87NO5/c1-4-7-10-13-16-19-22-25-27-30-33-36-39-44(54-48(53)41-38-35-32-29-24-21-18-15-12-9-6-3)42-47(52)49-45(43-50)46(51)40-37-34-31-28-26-23-20-17-14-11-8-5-2/h7,10,15-16,18-19,25,27,44-46,50-51H,4-6,8-9,11-14,17,20-24,26,28-43H2,1-3H3,(H,49,52)/b10-7+,18-15-,19-16+,27-25+. The average Bonchev–Trinajstić information content (AvgIpc) is 3.16. The zero-order chi connectivity index (χ0) is 39.6. The summed E-state index contributed by atoms with van der Waals surface area (Å²) in [6.45, 7) is 6.30. The van der Waals surface area contributed by atoms with E-state index in [9.17, 15) is 19.8 Å². The summed E-state index contributed by atoms with van der Waals surface area (Å²) in [6.07, 6.45) is 48.8. The lowest BCUT2D eigenvalue weighted by Gasteiger charge is -2.24. The number of hydrogen-bond donors (Lipinski definition) is 3. The predicted octanol–water partition coefficient (Wildman–Crippen LogP) is 13.1. The van der Waals surface area contributed by atoms with Crippen molar-refractivity contribution in [3.63, 3.8) is 0 Å². The minimum atomic E-state index is -0.797. The highest BCUT2D eigenvalue weighted by atomic mass is 16.5. The molecule has 0 fully saturated rings. The van der Waals surface area contributed by atoms with Crippen molar-refractivity contribution in [3.05, 3.63) is 48.6 Å². The summed E-state index contributed by atoms with van der Waals surface area (Å²) >= 11 is 0. The first kappa shape index (κ1) is 51.8. The number of ether oxygens (including phenoxy) is 1. The fraction of sp³-hybridized carbons (Fsp3) is 0.792. The molecule has 0 aromatic carbocycles. The van der Waals surface area contributed by atoms with Crippen LogP contribution in [0.3, 0.4) is 0 Å². The number of rotatable bonds is 40. The first-order chi connectivity index (χ1) is 26.5.